The third-order valence-electron chi connectivity index (χ3n) is 2.73. The van der Waals surface area contributed by atoms with Crippen LogP contribution in [-0.4, -0.2) is 28.2 Å². The molecule has 0 aromatic carbocycles. The van der Waals surface area contributed by atoms with Gasteiger partial charge in [0.2, 0.25) is 0 Å². The fourth-order valence-electron chi connectivity index (χ4n) is 1.77. The van der Waals surface area contributed by atoms with Gasteiger partial charge in [0, 0.05) is 18.9 Å². The number of aromatic nitrogens is 2. The highest BCUT2D eigenvalue weighted by Crippen LogP contribution is 2.23. The molecule has 0 saturated carbocycles. The highest BCUT2D eigenvalue weighted by atomic mass is 32.1. The number of hydrogen-bond acceptors (Lipinski definition) is 5. The first-order chi connectivity index (χ1) is 9.22. The van der Waals surface area contributed by atoms with E-state index in [4.69, 9.17) is 10.5 Å². The van der Waals surface area contributed by atoms with Crippen molar-refractivity contribution in [1.82, 2.24) is 9.55 Å². The van der Waals surface area contributed by atoms with E-state index in [1.54, 1.807) is 24.5 Å². The SMILES string of the molecule is CCOC(=O)C(N)CCn1ccnc1-c1cccs1. The average molecular weight is 279 g/mol. The zero-order valence-corrected chi connectivity index (χ0v) is 11.6. The molecule has 0 saturated heterocycles. The fourth-order valence-corrected chi connectivity index (χ4v) is 2.50. The van der Waals surface area contributed by atoms with Crippen LogP contribution in [0.2, 0.25) is 0 Å². The zero-order valence-electron chi connectivity index (χ0n) is 10.8. The summed E-state index contributed by atoms with van der Waals surface area (Å²) in [7, 11) is 0. The molecule has 1 atom stereocenters. The Morgan fingerprint density at radius 2 is 2.47 bits per heavy atom. The summed E-state index contributed by atoms with van der Waals surface area (Å²) in [5.41, 5.74) is 5.78. The second-order valence-electron chi connectivity index (χ2n) is 4.07. The van der Waals surface area contributed by atoms with E-state index in [2.05, 4.69) is 4.98 Å². The minimum Gasteiger partial charge on any atom is -0.465 e. The average Bonchev–Trinajstić information content (AvgIpc) is 3.06. The lowest BCUT2D eigenvalue weighted by molar-refractivity contribution is -0.144. The number of rotatable bonds is 6. The molecule has 1 unspecified atom stereocenters. The van der Waals surface area contributed by atoms with Gasteiger partial charge >= 0.3 is 5.97 Å². The van der Waals surface area contributed by atoms with Crippen LogP contribution < -0.4 is 5.73 Å². The van der Waals surface area contributed by atoms with Crippen molar-refractivity contribution in [3.05, 3.63) is 29.9 Å². The van der Waals surface area contributed by atoms with Gasteiger partial charge in [0.1, 0.15) is 11.9 Å². The normalized spacial score (nSPS) is 12.3. The van der Waals surface area contributed by atoms with Crippen molar-refractivity contribution in [3.8, 4) is 10.7 Å². The van der Waals surface area contributed by atoms with Crippen LogP contribution in [0.4, 0.5) is 0 Å². The van der Waals surface area contributed by atoms with Crippen molar-refractivity contribution in [2.45, 2.75) is 25.9 Å². The Morgan fingerprint density at radius 3 is 3.16 bits per heavy atom. The van der Waals surface area contributed by atoms with Gasteiger partial charge in [0.05, 0.1) is 11.5 Å². The van der Waals surface area contributed by atoms with E-state index in [0.29, 0.717) is 19.6 Å². The Hall–Kier alpha value is -1.66. The summed E-state index contributed by atoms with van der Waals surface area (Å²) in [5.74, 6) is 0.561. The lowest BCUT2D eigenvalue weighted by atomic mass is 10.2. The van der Waals surface area contributed by atoms with Crippen LogP contribution in [0.3, 0.4) is 0 Å². The number of imidazole rings is 1. The molecular formula is C13H17N3O2S. The monoisotopic (exact) mass is 279 g/mol. The number of ether oxygens (including phenoxy) is 1. The van der Waals surface area contributed by atoms with Crippen molar-refractivity contribution in [2.24, 2.45) is 5.73 Å². The molecule has 0 aliphatic rings. The number of esters is 1. The molecule has 19 heavy (non-hydrogen) atoms. The van der Waals surface area contributed by atoms with E-state index >= 15 is 0 Å². The van der Waals surface area contributed by atoms with Crippen LogP contribution in [0.15, 0.2) is 29.9 Å². The quantitative estimate of drug-likeness (QED) is 0.820. The van der Waals surface area contributed by atoms with Crippen molar-refractivity contribution < 1.29 is 9.53 Å². The van der Waals surface area contributed by atoms with Crippen LogP contribution in [0.1, 0.15) is 13.3 Å². The summed E-state index contributed by atoms with van der Waals surface area (Å²) >= 11 is 1.64. The van der Waals surface area contributed by atoms with Gasteiger partial charge < -0.3 is 15.0 Å². The van der Waals surface area contributed by atoms with E-state index in [1.165, 1.54) is 0 Å². The maximum Gasteiger partial charge on any atom is 0.322 e. The topological polar surface area (TPSA) is 70.1 Å². The molecule has 102 valence electrons. The molecule has 0 aliphatic carbocycles. The van der Waals surface area contributed by atoms with Gasteiger partial charge in [0.25, 0.3) is 0 Å². The van der Waals surface area contributed by atoms with Crippen LogP contribution >= 0.6 is 11.3 Å². The Labute approximate surface area is 116 Å². The van der Waals surface area contributed by atoms with Crippen molar-refractivity contribution >= 4 is 17.3 Å². The first kappa shape index (κ1) is 13.8. The largest absolute Gasteiger partial charge is 0.465 e. The number of carbonyl (C=O) groups excluding carboxylic acids is 1. The second kappa shape index (κ2) is 6.49. The smallest absolute Gasteiger partial charge is 0.322 e. The lowest BCUT2D eigenvalue weighted by Gasteiger charge is -2.12. The second-order valence-corrected chi connectivity index (χ2v) is 5.02. The molecule has 2 aromatic heterocycles. The lowest BCUT2D eigenvalue weighted by Crippen LogP contribution is -2.33. The standard InChI is InChI=1S/C13H17N3O2S/c1-2-18-13(17)10(14)5-7-16-8-6-15-12(16)11-4-3-9-19-11/h3-4,6,8-10H,2,5,7,14H2,1H3. The molecule has 5 nitrogen and oxygen atoms in total. The van der Waals surface area contributed by atoms with Crippen LogP contribution in [0.25, 0.3) is 10.7 Å². The van der Waals surface area contributed by atoms with E-state index in [1.807, 2.05) is 28.3 Å². The molecule has 0 aliphatic heterocycles. The van der Waals surface area contributed by atoms with Crippen molar-refractivity contribution in [3.63, 3.8) is 0 Å². The van der Waals surface area contributed by atoms with E-state index in [9.17, 15) is 4.79 Å². The van der Waals surface area contributed by atoms with Crippen LogP contribution in [0, 0.1) is 0 Å². The molecule has 6 heteroatoms. The summed E-state index contributed by atoms with van der Waals surface area (Å²) in [6.45, 7) is 2.78. The maximum atomic E-state index is 11.4. The fraction of sp³-hybridized carbons (Fsp3) is 0.385. The van der Waals surface area contributed by atoms with E-state index < -0.39 is 6.04 Å². The summed E-state index contributed by atoms with van der Waals surface area (Å²) in [6.07, 6.45) is 4.19. The minimum absolute atomic E-state index is 0.347. The summed E-state index contributed by atoms with van der Waals surface area (Å²) in [5, 5.41) is 2.01. The Kier molecular flexibility index (Phi) is 4.70. The molecule has 2 aromatic rings. The molecule has 0 fully saturated rings. The van der Waals surface area contributed by atoms with Gasteiger partial charge in [-0.3, -0.25) is 4.79 Å². The highest BCUT2D eigenvalue weighted by Gasteiger charge is 2.15. The molecule has 2 N–H and O–H groups in total. The van der Waals surface area contributed by atoms with Gasteiger partial charge in [-0.2, -0.15) is 0 Å². The zero-order chi connectivity index (χ0) is 13.7. The highest BCUT2D eigenvalue weighted by molar-refractivity contribution is 7.13. The first-order valence-electron chi connectivity index (χ1n) is 6.19. The number of thiophene rings is 1. The Bertz CT molecular complexity index is 522. The maximum absolute atomic E-state index is 11.4. The third-order valence-corrected chi connectivity index (χ3v) is 3.59. The number of carbonyl (C=O) groups is 1. The number of nitrogens with zero attached hydrogens (tertiary/aromatic N) is 2. The molecular weight excluding hydrogens is 262 g/mol. The summed E-state index contributed by atoms with van der Waals surface area (Å²) < 4.78 is 6.89. The van der Waals surface area contributed by atoms with E-state index in [0.717, 1.165) is 10.7 Å². The Morgan fingerprint density at radius 1 is 1.63 bits per heavy atom. The molecule has 0 radical (unpaired) electrons. The third kappa shape index (κ3) is 3.42. The molecule has 0 bridgehead atoms. The molecule has 2 rings (SSSR count). The molecule has 0 amide bonds. The predicted molar refractivity (Wildman–Crippen MR) is 74.8 cm³/mol. The molecule has 2 heterocycles. The van der Waals surface area contributed by atoms with Crippen LogP contribution in [0.5, 0.6) is 0 Å². The summed E-state index contributed by atoms with van der Waals surface area (Å²) in [4.78, 5) is 16.9. The van der Waals surface area contributed by atoms with Crippen molar-refractivity contribution in [2.75, 3.05) is 6.61 Å². The van der Waals surface area contributed by atoms with Gasteiger partial charge in [-0.15, -0.1) is 11.3 Å². The summed E-state index contributed by atoms with van der Waals surface area (Å²) in [6, 6.07) is 3.43. The minimum atomic E-state index is -0.585. The number of hydrogen-bond donors (Lipinski definition) is 1. The number of aryl methyl sites for hydroxylation is 1. The number of nitrogens with two attached hydrogens (primary N) is 1. The molecule has 0 spiro atoms. The van der Waals surface area contributed by atoms with Crippen LogP contribution in [-0.2, 0) is 16.1 Å². The Balaban J connectivity index is 1.97. The van der Waals surface area contributed by atoms with Gasteiger partial charge in [0.15, 0.2) is 0 Å². The van der Waals surface area contributed by atoms with Gasteiger partial charge in [-0.05, 0) is 24.8 Å². The predicted octanol–water partition coefficient (Wildman–Crippen LogP) is 1.89. The van der Waals surface area contributed by atoms with Gasteiger partial charge in [-0.1, -0.05) is 6.07 Å². The van der Waals surface area contributed by atoms with Crippen molar-refractivity contribution in [1.29, 1.82) is 0 Å². The first-order valence-corrected chi connectivity index (χ1v) is 7.07. The van der Waals surface area contributed by atoms with E-state index in [-0.39, 0.29) is 5.97 Å². The van der Waals surface area contributed by atoms with Gasteiger partial charge in [-0.25, -0.2) is 4.98 Å².